The van der Waals surface area contributed by atoms with Crippen molar-refractivity contribution in [3.8, 4) is 0 Å². The Morgan fingerprint density at radius 1 is 1.22 bits per heavy atom. The number of nitrogens with zero attached hydrogens (tertiary/aromatic N) is 1. The van der Waals surface area contributed by atoms with Gasteiger partial charge in [0.15, 0.2) is 5.69 Å². The molecule has 0 saturated carbocycles. The second kappa shape index (κ2) is 7.28. The molecule has 2 amide bonds. The number of fused-ring (bicyclic) bond motifs is 1. The number of rotatable bonds is 5. The number of aromatic nitrogens is 2. The van der Waals surface area contributed by atoms with E-state index < -0.39 is 6.09 Å². The zero-order valence-electron chi connectivity index (χ0n) is 14.3. The number of halogens is 1. The highest BCUT2D eigenvalue weighted by Crippen LogP contribution is 2.20. The summed E-state index contributed by atoms with van der Waals surface area (Å²) in [5.41, 5.74) is 3.06. The van der Waals surface area contributed by atoms with E-state index in [9.17, 15) is 9.59 Å². The molecule has 27 heavy (non-hydrogen) atoms. The van der Waals surface area contributed by atoms with Crippen molar-refractivity contribution in [3.63, 3.8) is 0 Å². The molecule has 0 unspecified atom stereocenters. The van der Waals surface area contributed by atoms with Gasteiger partial charge >= 0.3 is 6.09 Å². The first kappa shape index (κ1) is 17.4. The van der Waals surface area contributed by atoms with Crippen molar-refractivity contribution in [2.24, 2.45) is 0 Å². The van der Waals surface area contributed by atoms with Crippen molar-refractivity contribution in [3.05, 3.63) is 64.3 Å². The number of aromatic amines is 1. The molecule has 3 aromatic rings. The fourth-order valence-electron chi connectivity index (χ4n) is 3.05. The third-order valence-electron chi connectivity index (χ3n) is 4.43. The van der Waals surface area contributed by atoms with Gasteiger partial charge in [0.1, 0.15) is 6.61 Å². The van der Waals surface area contributed by atoms with Gasteiger partial charge < -0.3 is 15.4 Å². The van der Waals surface area contributed by atoms with Crippen molar-refractivity contribution in [1.29, 1.82) is 0 Å². The maximum atomic E-state index is 12.6. The maximum Gasteiger partial charge on any atom is 0.407 e. The number of ether oxygens (including phenoxy) is 1. The van der Waals surface area contributed by atoms with Gasteiger partial charge in [0.25, 0.3) is 5.91 Å². The lowest BCUT2D eigenvalue weighted by Crippen LogP contribution is -2.28. The summed E-state index contributed by atoms with van der Waals surface area (Å²) in [6, 6.07) is 13.0. The number of H-pyrrole nitrogens is 1. The van der Waals surface area contributed by atoms with Crippen LogP contribution >= 0.6 is 11.6 Å². The third-order valence-corrected chi connectivity index (χ3v) is 4.68. The first-order valence-corrected chi connectivity index (χ1v) is 8.89. The molecular formula is C19H17ClN4O3. The molecule has 0 radical (unpaired) electrons. The molecule has 1 atom stereocenters. The smallest absolute Gasteiger partial charge is 0.407 e. The highest BCUT2D eigenvalue weighted by molar-refractivity contribution is 6.30. The lowest BCUT2D eigenvalue weighted by molar-refractivity contribution is 0.0947. The predicted octanol–water partition coefficient (Wildman–Crippen LogP) is 2.80. The Morgan fingerprint density at radius 3 is 2.74 bits per heavy atom. The summed E-state index contributed by atoms with van der Waals surface area (Å²) in [6.07, 6.45) is 0.227. The summed E-state index contributed by atoms with van der Waals surface area (Å²) in [6.45, 7) is 0.728. The van der Waals surface area contributed by atoms with Gasteiger partial charge in [-0.25, -0.2) is 4.79 Å². The van der Waals surface area contributed by atoms with E-state index in [2.05, 4.69) is 20.8 Å². The highest BCUT2D eigenvalue weighted by atomic mass is 35.5. The Morgan fingerprint density at radius 2 is 2.00 bits per heavy atom. The summed E-state index contributed by atoms with van der Waals surface area (Å²) >= 11 is 5.87. The number of carbonyl (C=O) groups is 2. The van der Waals surface area contributed by atoms with Crippen LogP contribution in [0.15, 0.2) is 42.5 Å². The number of cyclic esters (lactones) is 1. The SMILES string of the molecule is O=C1N[C@@H](Cc2ccc3[nH]nc(C(=O)NCc4ccc(Cl)cc4)c3c2)CO1. The monoisotopic (exact) mass is 384 g/mol. The Hall–Kier alpha value is -3.06. The number of nitrogens with one attached hydrogen (secondary N) is 3. The molecule has 1 fully saturated rings. The molecule has 0 spiro atoms. The molecule has 138 valence electrons. The van der Waals surface area contributed by atoms with E-state index in [0.717, 1.165) is 22.0 Å². The largest absolute Gasteiger partial charge is 0.447 e. The van der Waals surface area contributed by atoms with Crippen LogP contribution in [-0.2, 0) is 17.7 Å². The molecule has 4 rings (SSSR count). The lowest BCUT2D eigenvalue weighted by Gasteiger charge is -2.08. The van der Waals surface area contributed by atoms with Crippen molar-refractivity contribution in [1.82, 2.24) is 20.8 Å². The summed E-state index contributed by atoms with van der Waals surface area (Å²) in [4.78, 5) is 23.7. The average molecular weight is 385 g/mol. The first-order valence-electron chi connectivity index (χ1n) is 8.51. The number of hydrogen-bond acceptors (Lipinski definition) is 4. The minimum absolute atomic E-state index is 0.0657. The Kier molecular flexibility index (Phi) is 4.68. The molecule has 1 saturated heterocycles. The zero-order chi connectivity index (χ0) is 18.8. The molecule has 2 aromatic carbocycles. The number of benzene rings is 2. The number of carbonyl (C=O) groups excluding carboxylic acids is 2. The van der Waals surface area contributed by atoms with Gasteiger partial charge in [0.05, 0.1) is 11.6 Å². The fraction of sp³-hybridized carbons (Fsp3) is 0.211. The number of alkyl carbamates (subject to hydrolysis) is 1. The Bertz CT molecular complexity index is 1000. The van der Waals surface area contributed by atoms with Crippen LogP contribution in [0.4, 0.5) is 4.79 Å². The van der Waals surface area contributed by atoms with Crippen LogP contribution < -0.4 is 10.6 Å². The van der Waals surface area contributed by atoms with E-state index in [1.807, 2.05) is 30.3 Å². The van der Waals surface area contributed by atoms with Crippen LogP contribution in [0.3, 0.4) is 0 Å². The van der Waals surface area contributed by atoms with Gasteiger partial charge in [0.2, 0.25) is 0 Å². The molecule has 3 N–H and O–H groups in total. The Balaban J connectivity index is 1.49. The van der Waals surface area contributed by atoms with Crippen LogP contribution in [0, 0.1) is 0 Å². The molecule has 0 aliphatic carbocycles. The van der Waals surface area contributed by atoms with E-state index in [1.54, 1.807) is 12.1 Å². The average Bonchev–Trinajstić information content (AvgIpc) is 3.27. The predicted molar refractivity (Wildman–Crippen MR) is 101 cm³/mol. The molecule has 2 heterocycles. The molecule has 7 nitrogen and oxygen atoms in total. The van der Waals surface area contributed by atoms with Crippen LogP contribution in [-0.4, -0.2) is 34.8 Å². The second-order valence-electron chi connectivity index (χ2n) is 6.41. The summed E-state index contributed by atoms with van der Waals surface area (Å²) in [5, 5.41) is 14.0. The van der Waals surface area contributed by atoms with Gasteiger partial charge in [-0.2, -0.15) is 5.10 Å². The van der Waals surface area contributed by atoms with Crippen molar-refractivity contribution < 1.29 is 14.3 Å². The van der Waals surface area contributed by atoms with E-state index in [4.69, 9.17) is 16.3 Å². The van der Waals surface area contributed by atoms with Gasteiger partial charge in [0, 0.05) is 17.0 Å². The third kappa shape index (κ3) is 3.88. The van der Waals surface area contributed by atoms with Crippen LogP contribution in [0.2, 0.25) is 5.02 Å². The summed E-state index contributed by atoms with van der Waals surface area (Å²) < 4.78 is 4.91. The van der Waals surface area contributed by atoms with Crippen molar-refractivity contribution in [2.75, 3.05) is 6.61 Å². The second-order valence-corrected chi connectivity index (χ2v) is 6.84. The highest BCUT2D eigenvalue weighted by Gasteiger charge is 2.23. The molecule has 1 aliphatic rings. The molecular weight excluding hydrogens is 368 g/mol. The van der Waals surface area contributed by atoms with E-state index >= 15 is 0 Å². The van der Waals surface area contributed by atoms with Crippen LogP contribution in [0.5, 0.6) is 0 Å². The van der Waals surface area contributed by atoms with Crippen LogP contribution in [0.25, 0.3) is 10.9 Å². The molecule has 0 bridgehead atoms. The fourth-order valence-corrected chi connectivity index (χ4v) is 3.18. The Labute approximate surface area is 160 Å². The van der Waals surface area contributed by atoms with E-state index in [-0.39, 0.29) is 11.9 Å². The summed E-state index contributed by atoms with van der Waals surface area (Å²) in [5.74, 6) is -0.258. The van der Waals surface area contributed by atoms with E-state index in [0.29, 0.717) is 30.3 Å². The minimum atomic E-state index is -0.397. The minimum Gasteiger partial charge on any atom is -0.447 e. The number of hydrogen-bond donors (Lipinski definition) is 3. The molecule has 8 heteroatoms. The first-order chi connectivity index (χ1) is 13.1. The number of amides is 2. The molecule has 1 aliphatic heterocycles. The van der Waals surface area contributed by atoms with Gasteiger partial charge in [-0.15, -0.1) is 0 Å². The zero-order valence-corrected chi connectivity index (χ0v) is 15.0. The van der Waals surface area contributed by atoms with Gasteiger partial charge in [-0.1, -0.05) is 29.8 Å². The normalized spacial score (nSPS) is 16.2. The van der Waals surface area contributed by atoms with E-state index in [1.165, 1.54) is 0 Å². The maximum absolute atomic E-state index is 12.6. The standard InChI is InChI=1S/C19H17ClN4O3/c20-13-4-1-11(2-5-13)9-21-18(25)17-15-8-12(3-6-16(15)23-24-17)7-14-10-27-19(26)22-14/h1-6,8,14H,7,9-10H2,(H,21,25)(H,22,26)(H,23,24)/t14-/m0/s1. The van der Waals surface area contributed by atoms with Crippen molar-refractivity contribution in [2.45, 2.75) is 19.0 Å². The van der Waals surface area contributed by atoms with Gasteiger partial charge in [-0.05, 0) is 41.8 Å². The van der Waals surface area contributed by atoms with Gasteiger partial charge in [-0.3, -0.25) is 9.89 Å². The molecule has 1 aromatic heterocycles. The quantitative estimate of drug-likeness (QED) is 0.630. The van der Waals surface area contributed by atoms with Crippen LogP contribution in [0.1, 0.15) is 21.6 Å². The topological polar surface area (TPSA) is 96.1 Å². The van der Waals surface area contributed by atoms with Crippen molar-refractivity contribution >= 4 is 34.5 Å². The lowest BCUT2D eigenvalue weighted by atomic mass is 10.0. The summed E-state index contributed by atoms with van der Waals surface area (Å²) in [7, 11) is 0.